The zero-order valence-corrected chi connectivity index (χ0v) is 10.9. The Kier molecular flexibility index (Phi) is 49.8. The molecule has 0 aromatic carbocycles. The van der Waals surface area contributed by atoms with Crippen LogP contribution in [0.25, 0.3) is 0 Å². The molecule has 2 nitrogen and oxygen atoms in total. The van der Waals surface area contributed by atoms with Gasteiger partial charge in [0.2, 0.25) is 0 Å². The average molecular weight is 252 g/mol. The lowest BCUT2D eigenvalue weighted by molar-refractivity contribution is 0.630. The highest BCUT2D eigenvalue weighted by molar-refractivity contribution is 8.76. The third kappa shape index (κ3) is 92.0. The van der Waals surface area contributed by atoms with Crippen LogP contribution in [0.4, 0.5) is 0 Å². The van der Waals surface area contributed by atoms with Gasteiger partial charge in [0.05, 0.1) is 0 Å². The second-order valence-electron chi connectivity index (χ2n) is 0.735. The fourth-order valence-electron chi connectivity index (χ4n) is 0. The van der Waals surface area contributed by atoms with Crippen LogP contribution in [-0.2, 0) is 11.6 Å². The first-order chi connectivity index (χ1) is 5.24. The quantitative estimate of drug-likeness (QED) is 0.703. The van der Waals surface area contributed by atoms with E-state index < -0.39 is 11.6 Å². The van der Waals surface area contributed by atoms with E-state index in [1.54, 1.807) is 43.2 Å². The lowest BCUT2D eigenvalue weighted by atomic mass is 12.0. The maximum Gasteiger partial charge on any atom is 0.335 e. The molecule has 0 heterocycles. The van der Waals surface area contributed by atoms with Gasteiger partial charge >= 0.3 is 11.6 Å². The Labute approximate surface area is 87.8 Å². The molecule has 0 rings (SSSR count). The fourth-order valence-corrected chi connectivity index (χ4v) is 0. The minimum absolute atomic E-state index is 0.750. The SMILES string of the molecule is CSSC.CSSC.O=S=O. The second-order valence-corrected chi connectivity index (χ2v) is 6.20. The topological polar surface area (TPSA) is 34.1 Å². The van der Waals surface area contributed by atoms with Gasteiger partial charge < -0.3 is 0 Å². The summed E-state index contributed by atoms with van der Waals surface area (Å²) >= 11 is -0.750. The number of hydrogen-bond acceptors (Lipinski definition) is 6. The minimum Gasteiger partial charge on any atom is -0.168 e. The molecule has 0 aliphatic rings. The summed E-state index contributed by atoms with van der Waals surface area (Å²) < 4.78 is 16.6. The first kappa shape index (κ1) is 18.1. The largest absolute Gasteiger partial charge is 0.335 e. The van der Waals surface area contributed by atoms with Crippen molar-refractivity contribution < 1.29 is 8.42 Å². The molecule has 0 N–H and O–H groups in total. The van der Waals surface area contributed by atoms with Gasteiger partial charge in [-0.1, -0.05) is 43.2 Å². The molecule has 0 aliphatic carbocycles. The van der Waals surface area contributed by atoms with Crippen molar-refractivity contribution in [2.75, 3.05) is 25.0 Å². The maximum absolute atomic E-state index is 8.29. The molecule has 0 aromatic heterocycles. The van der Waals surface area contributed by atoms with Crippen molar-refractivity contribution in [1.82, 2.24) is 0 Å². The van der Waals surface area contributed by atoms with Gasteiger partial charge in [0.1, 0.15) is 0 Å². The van der Waals surface area contributed by atoms with Crippen LogP contribution < -0.4 is 0 Å². The second kappa shape index (κ2) is 30.3. The lowest BCUT2D eigenvalue weighted by Gasteiger charge is -1.69. The zero-order chi connectivity index (χ0) is 9.54. The van der Waals surface area contributed by atoms with E-state index in [0.717, 1.165) is 0 Å². The third-order valence-electron chi connectivity index (χ3n) is 0.333. The molecule has 0 bridgehead atoms. The molecular formula is C4H12O2S5. The Morgan fingerprint density at radius 3 is 0.727 bits per heavy atom. The monoisotopic (exact) mass is 252 g/mol. The van der Waals surface area contributed by atoms with Gasteiger partial charge in [0.15, 0.2) is 0 Å². The summed E-state index contributed by atoms with van der Waals surface area (Å²) in [7, 11) is 7.09. The lowest BCUT2D eigenvalue weighted by Crippen LogP contribution is -1.28. The van der Waals surface area contributed by atoms with E-state index in [-0.39, 0.29) is 0 Å². The molecule has 0 unspecified atom stereocenters. The summed E-state index contributed by atoms with van der Waals surface area (Å²) in [6, 6.07) is 0. The Morgan fingerprint density at radius 2 is 0.727 bits per heavy atom. The van der Waals surface area contributed by atoms with Gasteiger partial charge in [-0.05, 0) is 25.0 Å². The van der Waals surface area contributed by atoms with Crippen LogP contribution in [0.15, 0.2) is 0 Å². The summed E-state index contributed by atoms with van der Waals surface area (Å²) in [5, 5.41) is 0. The van der Waals surface area contributed by atoms with Crippen LogP contribution in [0.3, 0.4) is 0 Å². The van der Waals surface area contributed by atoms with Crippen LogP contribution >= 0.6 is 43.2 Å². The zero-order valence-electron chi connectivity index (χ0n) is 6.86. The Bertz CT molecular complexity index is 64.9. The Balaban J connectivity index is -0.0000000886. The molecule has 0 amide bonds. The Morgan fingerprint density at radius 1 is 0.636 bits per heavy atom. The predicted octanol–water partition coefficient (Wildman–Crippen LogP) is 2.58. The van der Waals surface area contributed by atoms with Gasteiger partial charge in [-0.2, -0.15) is 8.42 Å². The van der Waals surface area contributed by atoms with E-state index in [1.807, 2.05) is 0 Å². The first-order valence-electron chi connectivity index (χ1n) is 2.30. The van der Waals surface area contributed by atoms with Crippen molar-refractivity contribution in [2.45, 2.75) is 0 Å². The van der Waals surface area contributed by atoms with Crippen molar-refractivity contribution in [3.05, 3.63) is 0 Å². The van der Waals surface area contributed by atoms with Crippen LogP contribution in [0.1, 0.15) is 0 Å². The van der Waals surface area contributed by atoms with Gasteiger partial charge in [-0.3, -0.25) is 0 Å². The summed E-state index contributed by atoms with van der Waals surface area (Å²) in [4.78, 5) is 0. The predicted molar refractivity (Wildman–Crippen MR) is 63.0 cm³/mol. The standard InChI is InChI=1S/2C2H6S2.O2S/c2*1-3-4-2;1-3-2/h2*1-2H3;. The van der Waals surface area contributed by atoms with Crippen molar-refractivity contribution in [3.63, 3.8) is 0 Å². The van der Waals surface area contributed by atoms with Crippen LogP contribution in [-0.4, -0.2) is 33.4 Å². The Hall–Kier alpha value is 1.22. The summed E-state index contributed by atoms with van der Waals surface area (Å²) in [6.07, 6.45) is 8.24. The molecule has 0 saturated carbocycles. The van der Waals surface area contributed by atoms with Gasteiger partial charge in [0, 0.05) is 0 Å². The molecule has 0 saturated heterocycles. The molecule has 70 valence electrons. The van der Waals surface area contributed by atoms with Crippen LogP contribution in [0.2, 0.25) is 0 Å². The van der Waals surface area contributed by atoms with Gasteiger partial charge in [-0.25, -0.2) is 0 Å². The van der Waals surface area contributed by atoms with Crippen LogP contribution in [0, 0.1) is 0 Å². The van der Waals surface area contributed by atoms with Gasteiger partial charge in [-0.15, -0.1) is 0 Å². The van der Waals surface area contributed by atoms with Gasteiger partial charge in [0.25, 0.3) is 0 Å². The van der Waals surface area contributed by atoms with Crippen molar-refractivity contribution in [1.29, 1.82) is 0 Å². The molecule has 11 heavy (non-hydrogen) atoms. The highest BCUT2D eigenvalue weighted by Crippen LogP contribution is 2.09. The molecule has 0 aromatic rings. The molecule has 0 fully saturated rings. The van der Waals surface area contributed by atoms with E-state index >= 15 is 0 Å². The molecular weight excluding hydrogens is 240 g/mol. The highest BCUT2D eigenvalue weighted by atomic mass is 33.1. The minimum atomic E-state index is -0.750. The maximum atomic E-state index is 8.29. The van der Waals surface area contributed by atoms with Crippen molar-refractivity contribution in [2.24, 2.45) is 0 Å². The van der Waals surface area contributed by atoms with E-state index in [4.69, 9.17) is 8.42 Å². The summed E-state index contributed by atoms with van der Waals surface area (Å²) in [6.45, 7) is 0. The molecule has 0 radical (unpaired) electrons. The molecule has 7 heteroatoms. The summed E-state index contributed by atoms with van der Waals surface area (Å²) in [5.41, 5.74) is 0. The first-order valence-corrected chi connectivity index (χ1v) is 8.90. The van der Waals surface area contributed by atoms with Crippen molar-refractivity contribution >= 4 is 54.7 Å². The van der Waals surface area contributed by atoms with E-state index in [0.29, 0.717) is 0 Å². The van der Waals surface area contributed by atoms with Crippen molar-refractivity contribution in [3.8, 4) is 0 Å². The molecule has 0 aliphatic heterocycles. The third-order valence-corrected chi connectivity index (χ3v) is 3.00. The normalized spacial score (nSPS) is 6.55. The smallest absolute Gasteiger partial charge is 0.168 e. The number of hydrogen-bond donors (Lipinski definition) is 0. The number of rotatable bonds is 2. The van der Waals surface area contributed by atoms with E-state index in [9.17, 15) is 0 Å². The summed E-state index contributed by atoms with van der Waals surface area (Å²) in [5.74, 6) is 0. The average Bonchev–Trinajstić information content (AvgIpc) is 2.06. The fraction of sp³-hybridized carbons (Fsp3) is 1.00. The highest BCUT2D eigenvalue weighted by Gasteiger charge is 1.55. The van der Waals surface area contributed by atoms with E-state index in [2.05, 4.69) is 25.0 Å². The van der Waals surface area contributed by atoms with Crippen LogP contribution in [0.5, 0.6) is 0 Å². The molecule has 0 spiro atoms. The molecule has 0 atom stereocenters. The van der Waals surface area contributed by atoms with E-state index in [1.165, 1.54) is 0 Å².